The monoisotopic (exact) mass is 240 g/mol. The number of amides is 1. The van der Waals surface area contributed by atoms with Crippen molar-refractivity contribution in [2.24, 2.45) is 5.73 Å². The molecule has 1 unspecified atom stereocenters. The van der Waals surface area contributed by atoms with Gasteiger partial charge in [0.05, 0.1) is 5.54 Å². The van der Waals surface area contributed by atoms with E-state index in [0.29, 0.717) is 18.0 Å². The number of halogens is 1. The third-order valence-corrected chi connectivity index (χ3v) is 2.83. The molecule has 0 heterocycles. The zero-order valence-corrected chi connectivity index (χ0v) is 10.3. The van der Waals surface area contributed by atoms with E-state index in [-0.39, 0.29) is 5.91 Å². The maximum Gasteiger partial charge on any atom is 0.240 e. The van der Waals surface area contributed by atoms with Crippen LogP contribution in [0.4, 0.5) is 0 Å². The zero-order chi connectivity index (χ0) is 12.2. The van der Waals surface area contributed by atoms with Gasteiger partial charge in [0.2, 0.25) is 5.91 Å². The van der Waals surface area contributed by atoms with Gasteiger partial charge in [-0.15, -0.1) is 0 Å². The quantitative estimate of drug-likeness (QED) is 0.847. The molecule has 1 rings (SSSR count). The van der Waals surface area contributed by atoms with E-state index in [9.17, 15) is 4.79 Å². The highest BCUT2D eigenvalue weighted by molar-refractivity contribution is 6.30. The number of hydrogen-bond acceptors (Lipinski definition) is 2. The minimum absolute atomic E-state index is 0.144. The summed E-state index contributed by atoms with van der Waals surface area (Å²) in [7, 11) is 0. The van der Waals surface area contributed by atoms with Crippen molar-refractivity contribution in [3.8, 4) is 0 Å². The summed E-state index contributed by atoms with van der Waals surface area (Å²) in [6.07, 6.45) is 0.606. The Morgan fingerprint density at radius 2 is 2.25 bits per heavy atom. The molecular weight excluding hydrogens is 224 g/mol. The average molecular weight is 241 g/mol. The van der Waals surface area contributed by atoms with E-state index >= 15 is 0 Å². The first kappa shape index (κ1) is 13.0. The molecule has 0 aliphatic rings. The van der Waals surface area contributed by atoms with Gasteiger partial charge in [0.1, 0.15) is 0 Å². The number of benzene rings is 1. The highest BCUT2D eigenvalue weighted by atomic mass is 35.5. The van der Waals surface area contributed by atoms with E-state index in [1.165, 1.54) is 0 Å². The van der Waals surface area contributed by atoms with Crippen molar-refractivity contribution in [2.45, 2.75) is 32.4 Å². The number of hydrogen-bond donors (Lipinski definition) is 2. The lowest BCUT2D eigenvalue weighted by Gasteiger charge is -2.21. The van der Waals surface area contributed by atoms with Crippen LogP contribution in [0.5, 0.6) is 0 Å². The first-order valence-corrected chi connectivity index (χ1v) is 5.65. The molecule has 3 nitrogen and oxygen atoms in total. The molecule has 0 aliphatic carbocycles. The fraction of sp³-hybridized carbons (Fsp3) is 0.417. The van der Waals surface area contributed by atoms with Crippen LogP contribution >= 0.6 is 11.6 Å². The molecule has 0 saturated heterocycles. The van der Waals surface area contributed by atoms with E-state index in [1.54, 1.807) is 13.0 Å². The highest BCUT2D eigenvalue weighted by Crippen LogP contribution is 2.11. The van der Waals surface area contributed by atoms with Crippen LogP contribution < -0.4 is 11.1 Å². The van der Waals surface area contributed by atoms with Gasteiger partial charge < -0.3 is 11.1 Å². The molecule has 0 spiro atoms. The largest absolute Gasteiger partial charge is 0.350 e. The molecule has 0 radical (unpaired) electrons. The summed E-state index contributed by atoms with van der Waals surface area (Å²) < 4.78 is 0. The zero-order valence-electron chi connectivity index (χ0n) is 9.59. The Morgan fingerprint density at radius 1 is 1.56 bits per heavy atom. The van der Waals surface area contributed by atoms with Crippen molar-refractivity contribution in [3.63, 3.8) is 0 Å². The average Bonchev–Trinajstić information content (AvgIpc) is 2.26. The van der Waals surface area contributed by atoms with Crippen molar-refractivity contribution in [3.05, 3.63) is 34.9 Å². The van der Waals surface area contributed by atoms with E-state index in [0.717, 1.165) is 5.56 Å². The molecule has 16 heavy (non-hydrogen) atoms. The molecule has 3 N–H and O–H groups in total. The van der Waals surface area contributed by atoms with E-state index in [1.807, 2.05) is 25.1 Å². The minimum atomic E-state index is -0.807. The molecule has 0 bridgehead atoms. The summed E-state index contributed by atoms with van der Waals surface area (Å²) in [5.74, 6) is -0.144. The van der Waals surface area contributed by atoms with Crippen LogP contribution in [0.25, 0.3) is 0 Å². The maximum atomic E-state index is 11.7. The molecule has 4 heteroatoms. The summed E-state index contributed by atoms with van der Waals surface area (Å²) in [6, 6.07) is 7.38. The first-order valence-electron chi connectivity index (χ1n) is 5.27. The SMILES string of the molecule is CCC(C)(N)C(=O)NCc1cccc(Cl)c1. The molecule has 1 amide bonds. The van der Waals surface area contributed by atoms with Gasteiger partial charge in [0.15, 0.2) is 0 Å². The van der Waals surface area contributed by atoms with Crippen molar-refractivity contribution in [1.29, 1.82) is 0 Å². The molecule has 0 aliphatic heterocycles. The van der Waals surface area contributed by atoms with Crippen LogP contribution in [0.3, 0.4) is 0 Å². The number of nitrogens with one attached hydrogen (secondary N) is 1. The van der Waals surface area contributed by atoms with Gasteiger partial charge in [-0.1, -0.05) is 30.7 Å². The lowest BCUT2D eigenvalue weighted by Crippen LogP contribution is -2.50. The summed E-state index contributed by atoms with van der Waals surface area (Å²) in [4.78, 5) is 11.7. The Morgan fingerprint density at radius 3 is 2.81 bits per heavy atom. The fourth-order valence-corrected chi connectivity index (χ4v) is 1.40. The molecule has 88 valence electrons. The van der Waals surface area contributed by atoms with Gasteiger partial charge in [-0.25, -0.2) is 0 Å². The molecule has 1 aromatic carbocycles. The van der Waals surface area contributed by atoms with E-state index in [4.69, 9.17) is 17.3 Å². The number of carbonyl (C=O) groups is 1. The van der Waals surface area contributed by atoms with Crippen LogP contribution in [0.1, 0.15) is 25.8 Å². The van der Waals surface area contributed by atoms with Gasteiger partial charge in [-0.05, 0) is 31.0 Å². The van der Waals surface area contributed by atoms with Gasteiger partial charge in [-0.2, -0.15) is 0 Å². The Bertz CT molecular complexity index is 377. The van der Waals surface area contributed by atoms with Crippen LogP contribution in [-0.4, -0.2) is 11.4 Å². The van der Waals surface area contributed by atoms with Crippen LogP contribution in [-0.2, 0) is 11.3 Å². The standard InChI is InChI=1S/C12H17ClN2O/c1-3-12(2,14)11(16)15-8-9-5-4-6-10(13)7-9/h4-7H,3,8,14H2,1-2H3,(H,15,16). The van der Waals surface area contributed by atoms with Crippen molar-refractivity contribution >= 4 is 17.5 Å². The Labute approximate surface area is 101 Å². The molecule has 1 aromatic rings. The lowest BCUT2D eigenvalue weighted by atomic mass is 9.99. The van der Waals surface area contributed by atoms with Gasteiger partial charge in [0.25, 0.3) is 0 Å². The fourth-order valence-electron chi connectivity index (χ4n) is 1.19. The van der Waals surface area contributed by atoms with Gasteiger partial charge in [0, 0.05) is 11.6 Å². The topological polar surface area (TPSA) is 55.1 Å². The molecular formula is C12H17ClN2O. The third-order valence-electron chi connectivity index (χ3n) is 2.60. The highest BCUT2D eigenvalue weighted by Gasteiger charge is 2.25. The third kappa shape index (κ3) is 3.51. The van der Waals surface area contributed by atoms with Gasteiger partial charge in [-0.3, -0.25) is 4.79 Å². The lowest BCUT2D eigenvalue weighted by molar-refractivity contribution is -0.126. The van der Waals surface area contributed by atoms with Crippen LogP contribution in [0, 0.1) is 0 Å². The number of nitrogens with two attached hydrogens (primary N) is 1. The van der Waals surface area contributed by atoms with Crippen molar-refractivity contribution in [1.82, 2.24) is 5.32 Å². The Kier molecular flexibility index (Phi) is 4.33. The van der Waals surface area contributed by atoms with Crippen LogP contribution in [0.15, 0.2) is 24.3 Å². The predicted molar refractivity (Wildman–Crippen MR) is 66.2 cm³/mol. The number of carbonyl (C=O) groups excluding carboxylic acids is 1. The maximum absolute atomic E-state index is 11.7. The molecule has 0 aromatic heterocycles. The predicted octanol–water partition coefficient (Wildman–Crippen LogP) is 2.08. The summed E-state index contributed by atoms with van der Waals surface area (Å²) in [5.41, 5.74) is 5.97. The second-order valence-electron chi connectivity index (χ2n) is 4.08. The molecule has 0 saturated carbocycles. The number of rotatable bonds is 4. The summed E-state index contributed by atoms with van der Waals surface area (Å²) in [5, 5.41) is 3.46. The molecule has 0 fully saturated rings. The van der Waals surface area contributed by atoms with Crippen molar-refractivity contribution < 1.29 is 4.79 Å². The second kappa shape index (κ2) is 5.32. The van der Waals surface area contributed by atoms with Crippen molar-refractivity contribution in [2.75, 3.05) is 0 Å². The van der Waals surface area contributed by atoms with E-state index in [2.05, 4.69) is 5.32 Å². The van der Waals surface area contributed by atoms with Gasteiger partial charge >= 0.3 is 0 Å². The van der Waals surface area contributed by atoms with E-state index < -0.39 is 5.54 Å². The van der Waals surface area contributed by atoms with Crippen LogP contribution in [0.2, 0.25) is 5.02 Å². The normalized spacial score (nSPS) is 14.2. The summed E-state index contributed by atoms with van der Waals surface area (Å²) >= 11 is 5.84. The molecule has 1 atom stereocenters. The Hall–Kier alpha value is -1.06. The Balaban J connectivity index is 2.56. The smallest absolute Gasteiger partial charge is 0.240 e. The minimum Gasteiger partial charge on any atom is -0.350 e. The summed E-state index contributed by atoms with van der Waals surface area (Å²) in [6.45, 7) is 4.06. The first-order chi connectivity index (χ1) is 7.45. The second-order valence-corrected chi connectivity index (χ2v) is 4.52.